The number of hydrogen-bond acceptors (Lipinski definition) is 4. The van der Waals surface area contributed by atoms with Crippen LogP contribution in [-0.4, -0.2) is 45.4 Å². The van der Waals surface area contributed by atoms with E-state index in [0.29, 0.717) is 26.4 Å². The Morgan fingerprint density at radius 1 is 1.38 bits per heavy atom. The van der Waals surface area contributed by atoms with Crippen molar-refractivity contribution < 1.29 is 14.3 Å². The first kappa shape index (κ1) is 13.4. The fourth-order valence-corrected chi connectivity index (χ4v) is 1.89. The van der Waals surface area contributed by atoms with Crippen LogP contribution in [-0.2, 0) is 14.3 Å². The summed E-state index contributed by atoms with van der Waals surface area (Å²) in [5.74, 6) is 0.220. The second-order valence-corrected chi connectivity index (χ2v) is 4.17. The van der Waals surface area contributed by atoms with Crippen LogP contribution >= 0.6 is 0 Å². The van der Waals surface area contributed by atoms with Crippen molar-refractivity contribution in [3.63, 3.8) is 0 Å². The third kappa shape index (κ3) is 4.92. The Bertz CT molecular complexity index is 211. The van der Waals surface area contributed by atoms with E-state index in [1.165, 1.54) is 0 Å². The summed E-state index contributed by atoms with van der Waals surface area (Å²) in [5.41, 5.74) is 5.75. The average Bonchev–Trinajstić information content (AvgIpc) is 2.70. The van der Waals surface area contributed by atoms with Gasteiger partial charge in [0.1, 0.15) is 0 Å². The third-order valence-electron chi connectivity index (χ3n) is 2.82. The normalized spacial score (nSPS) is 24.6. The molecule has 0 spiro atoms. The van der Waals surface area contributed by atoms with Crippen molar-refractivity contribution in [3.8, 4) is 0 Å². The van der Waals surface area contributed by atoms with Crippen LogP contribution in [0, 0.1) is 5.92 Å². The van der Waals surface area contributed by atoms with Gasteiger partial charge in [0.25, 0.3) is 0 Å². The molecule has 1 rings (SSSR count). The quantitative estimate of drug-likeness (QED) is 0.599. The maximum atomic E-state index is 11.6. The summed E-state index contributed by atoms with van der Waals surface area (Å²) in [6.45, 7) is 2.26. The lowest BCUT2D eigenvalue weighted by molar-refractivity contribution is -0.125. The highest BCUT2D eigenvalue weighted by Gasteiger charge is 2.27. The number of nitrogens with one attached hydrogen (secondary N) is 1. The first-order valence-electron chi connectivity index (χ1n) is 5.84. The van der Waals surface area contributed by atoms with E-state index in [1.54, 1.807) is 7.11 Å². The lowest BCUT2D eigenvalue weighted by atomic mass is 10.1. The number of nitrogens with two attached hydrogens (primary N) is 1. The fraction of sp³-hybridized carbons (Fsp3) is 0.909. The summed E-state index contributed by atoms with van der Waals surface area (Å²) in [7, 11) is 1.63. The molecule has 16 heavy (non-hydrogen) atoms. The lowest BCUT2D eigenvalue weighted by Crippen LogP contribution is -2.33. The van der Waals surface area contributed by atoms with E-state index in [1.807, 2.05) is 0 Å². The largest absolute Gasteiger partial charge is 0.382 e. The summed E-state index contributed by atoms with van der Waals surface area (Å²) in [5, 5.41) is 2.86. The molecule has 3 N–H and O–H groups in total. The first-order valence-corrected chi connectivity index (χ1v) is 5.84. The van der Waals surface area contributed by atoms with Crippen molar-refractivity contribution in [1.82, 2.24) is 5.32 Å². The maximum Gasteiger partial charge on any atom is 0.223 e. The van der Waals surface area contributed by atoms with Gasteiger partial charge in [-0.1, -0.05) is 0 Å². The van der Waals surface area contributed by atoms with Gasteiger partial charge < -0.3 is 20.5 Å². The molecule has 0 aromatic heterocycles. The predicted molar refractivity (Wildman–Crippen MR) is 61.0 cm³/mol. The Labute approximate surface area is 96.7 Å². The Balaban J connectivity index is 1.98. The molecule has 1 aliphatic carbocycles. The third-order valence-corrected chi connectivity index (χ3v) is 2.82. The first-order chi connectivity index (χ1) is 7.74. The molecule has 0 radical (unpaired) electrons. The van der Waals surface area contributed by atoms with Crippen LogP contribution in [0.2, 0.25) is 0 Å². The van der Waals surface area contributed by atoms with E-state index in [4.69, 9.17) is 15.2 Å². The Hall–Kier alpha value is -0.650. The van der Waals surface area contributed by atoms with E-state index in [2.05, 4.69) is 5.32 Å². The highest BCUT2D eigenvalue weighted by Crippen LogP contribution is 2.23. The smallest absolute Gasteiger partial charge is 0.223 e. The summed E-state index contributed by atoms with van der Waals surface area (Å²) < 4.78 is 10.1. The number of amides is 1. The summed E-state index contributed by atoms with van der Waals surface area (Å²) in [6.07, 6.45) is 2.69. The molecule has 0 heterocycles. The molecule has 2 atom stereocenters. The summed E-state index contributed by atoms with van der Waals surface area (Å²) >= 11 is 0. The molecule has 0 aliphatic heterocycles. The van der Waals surface area contributed by atoms with Gasteiger partial charge in [-0.25, -0.2) is 0 Å². The van der Waals surface area contributed by atoms with Crippen molar-refractivity contribution in [2.45, 2.75) is 25.3 Å². The standard InChI is InChI=1S/C11H22N2O3/c1-15-6-7-16-5-4-13-11(14)9-2-3-10(12)8-9/h9-10H,2-8,12H2,1H3,(H,13,14). The van der Waals surface area contributed by atoms with Crippen LogP contribution in [0.25, 0.3) is 0 Å². The van der Waals surface area contributed by atoms with Gasteiger partial charge in [-0.15, -0.1) is 0 Å². The minimum atomic E-state index is 0.106. The van der Waals surface area contributed by atoms with Crippen molar-refractivity contribution >= 4 is 5.91 Å². The van der Waals surface area contributed by atoms with Crippen molar-refractivity contribution in [3.05, 3.63) is 0 Å². The molecule has 0 saturated heterocycles. The van der Waals surface area contributed by atoms with Crippen LogP contribution in [0.1, 0.15) is 19.3 Å². The Kier molecular flexibility index (Phi) is 6.37. The van der Waals surface area contributed by atoms with E-state index < -0.39 is 0 Å². The molecular weight excluding hydrogens is 208 g/mol. The van der Waals surface area contributed by atoms with E-state index in [0.717, 1.165) is 19.3 Å². The maximum absolute atomic E-state index is 11.6. The molecule has 0 aromatic carbocycles. The monoisotopic (exact) mass is 230 g/mol. The minimum absolute atomic E-state index is 0.106. The van der Waals surface area contributed by atoms with Crippen LogP contribution in [0.5, 0.6) is 0 Å². The molecule has 5 heteroatoms. The van der Waals surface area contributed by atoms with Gasteiger partial charge in [0.05, 0.1) is 19.8 Å². The number of rotatable bonds is 7. The number of hydrogen-bond donors (Lipinski definition) is 2. The number of methoxy groups -OCH3 is 1. The molecule has 0 bridgehead atoms. The minimum Gasteiger partial charge on any atom is -0.382 e. The molecule has 94 valence electrons. The van der Waals surface area contributed by atoms with E-state index in [-0.39, 0.29) is 17.9 Å². The number of carbonyl (C=O) groups is 1. The molecule has 0 aromatic rings. The lowest BCUT2D eigenvalue weighted by Gasteiger charge is -2.10. The highest BCUT2D eigenvalue weighted by atomic mass is 16.5. The van der Waals surface area contributed by atoms with Gasteiger partial charge in [-0.05, 0) is 19.3 Å². The van der Waals surface area contributed by atoms with Crippen LogP contribution in [0.15, 0.2) is 0 Å². The molecule has 2 unspecified atom stereocenters. The Morgan fingerprint density at radius 2 is 2.19 bits per heavy atom. The molecule has 1 saturated carbocycles. The van der Waals surface area contributed by atoms with Gasteiger partial charge in [-0.2, -0.15) is 0 Å². The molecular formula is C11H22N2O3. The summed E-state index contributed by atoms with van der Waals surface area (Å²) in [4.78, 5) is 11.6. The number of ether oxygens (including phenoxy) is 2. The zero-order valence-corrected chi connectivity index (χ0v) is 9.91. The van der Waals surface area contributed by atoms with Crippen molar-refractivity contribution in [1.29, 1.82) is 0 Å². The molecule has 1 amide bonds. The van der Waals surface area contributed by atoms with E-state index >= 15 is 0 Å². The van der Waals surface area contributed by atoms with E-state index in [9.17, 15) is 4.79 Å². The number of carbonyl (C=O) groups excluding carboxylic acids is 1. The highest BCUT2D eigenvalue weighted by molar-refractivity contribution is 5.78. The molecule has 1 aliphatic rings. The second kappa shape index (κ2) is 7.60. The second-order valence-electron chi connectivity index (χ2n) is 4.17. The van der Waals surface area contributed by atoms with Gasteiger partial charge in [0.2, 0.25) is 5.91 Å². The van der Waals surface area contributed by atoms with Crippen LogP contribution in [0.4, 0.5) is 0 Å². The zero-order valence-electron chi connectivity index (χ0n) is 9.91. The van der Waals surface area contributed by atoms with Crippen LogP contribution < -0.4 is 11.1 Å². The fourth-order valence-electron chi connectivity index (χ4n) is 1.89. The molecule has 1 fully saturated rings. The predicted octanol–water partition coefficient (Wildman–Crippen LogP) is -0.107. The van der Waals surface area contributed by atoms with Crippen molar-refractivity contribution in [2.75, 3.05) is 33.5 Å². The topological polar surface area (TPSA) is 73.6 Å². The van der Waals surface area contributed by atoms with Gasteiger partial charge >= 0.3 is 0 Å². The molecule has 5 nitrogen and oxygen atoms in total. The SMILES string of the molecule is COCCOCCNC(=O)C1CCC(N)C1. The van der Waals surface area contributed by atoms with Crippen LogP contribution in [0.3, 0.4) is 0 Å². The van der Waals surface area contributed by atoms with Gasteiger partial charge in [0.15, 0.2) is 0 Å². The summed E-state index contributed by atoms with van der Waals surface area (Å²) in [6, 6.07) is 0.203. The van der Waals surface area contributed by atoms with Gasteiger partial charge in [0, 0.05) is 25.6 Å². The zero-order chi connectivity index (χ0) is 11.8. The van der Waals surface area contributed by atoms with Gasteiger partial charge in [-0.3, -0.25) is 4.79 Å². The van der Waals surface area contributed by atoms with Crippen molar-refractivity contribution in [2.24, 2.45) is 11.7 Å². The Morgan fingerprint density at radius 3 is 2.81 bits per heavy atom. The average molecular weight is 230 g/mol.